The molecular formula is C13H16FN3O. The predicted molar refractivity (Wildman–Crippen MR) is 66.1 cm³/mol. The minimum atomic E-state index is -0.442. The minimum absolute atomic E-state index is 0.0191. The van der Waals surface area contributed by atoms with Gasteiger partial charge in [-0.05, 0) is 30.7 Å². The second-order valence-corrected chi connectivity index (χ2v) is 3.97. The molecular weight excluding hydrogens is 233 g/mol. The Morgan fingerprint density at radius 1 is 1.50 bits per heavy atom. The van der Waals surface area contributed by atoms with Gasteiger partial charge in [0, 0.05) is 20.1 Å². The molecule has 0 saturated heterocycles. The van der Waals surface area contributed by atoms with Crippen LogP contribution in [0.3, 0.4) is 0 Å². The molecule has 0 fully saturated rings. The van der Waals surface area contributed by atoms with Gasteiger partial charge < -0.3 is 10.2 Å². The fourth-order valence-electron chi connectivity index (χ4n) is 1.44. The molecule has 1 aromatic carbocycles. The monoisotopic (exact) mass is 249 g/mol. The normalized spacial score (nSPS) is 9.89. The zero-order valence-corrected chi connectivity index (χ0v) is 10.5. The molecule has 0 unspecified atom stereocenters. The van der Waals surface area contributed by atoms with E-state index in [1.807, 2.05) is 13.0 Å². The van der Waals surface area contributed by atoms with Crippen molar-refractivity contribution in [3.8, 4) is 6.07 Å². The van der Waals surface area contributed by atoms with Crippen LogP contribution in [0.5, 0.6) is 0 Å². The summed E-state index contributed by atoms with van der Waals surface area (Å²) in [6, 6.07) is 6.02. The van der Waals surface area contributed by atoms with E-state index >= 15 is 0 Å². The van der Waals surface area contributed by atoms with Gasteiger partial charge in [0.05, 0.1) is 18.2 Å². The highest BCUT2D eigenvalue weighted by Crippen LogP contribution is 2.08. The van der Waals surface area contributed by atoms with Gasteiger partial charge in [-0.2, -0.15) is 5.26 Å². The first kappa shape index (κ1) is 14.1. The zero-order valence-electron chi connectivity index (χ0n) is 10.5. The Hall–Kier alpha value is -1.93. The molecule has 1 aromatic rings. The average Bonchev–Trinajstić information content (AvgIpc) is 2.36. The lowest BCUT2D eigenvalue weighted by Gasteiger charge is -2.14. The summed E-state index contributed by atoms with van der Waals surface area (Å²) in [4.78, 5) is 13.1. The number of nitrogens with zero attached hydrogens (tertiary/aromatic N) is 2. The Morgan fingerprint density at radius 3 is 2.83 bits per heavy atom. The van der Waals surface area contributed by atoms with Gasteiger partial charge in [-0.1, -0.05) is 0 Å². The third kappa shape index (κ3) is 4.15. The van der Waals surface area contributed by atoms with Crippen LogP contribution < -0.4 is 5.32 Å². The topological polar surface area (TPSA) is 56.1 Å². The molecule has 0 radical (unpaired) electrons. The molecule has 0 aliphatic carbocycles. The summed E-state index contributed by atoms with van der Waals surface area (Å²) in [5.74, 6) is -0.461. The van der Waals surface area contributed by atoms with E-state index in [4.69, 9.17) is 5.26 Å². The number of benzene rings is 1. The van der Waals surface area contributed by atoms with E-state index in [0.717, 1.165) is 0 Å². The predicted octanol–water partition coefficient (Wildman–Crippen LogP) is 1.27. The molecule has 4 nitrogen and oxygen atoms in total. The fourth-order valence-corrected chi connectivity index (χ4v) is 1.44. The maximum absolute atomic E-state index is 13.1. The average molecular weight is 249 g/mol. The SMILES string of the molecule is CCN(C)C(=O)CNCc1cc(F)cc(C#N)c1. The van der Waals surface area contributed by atoms with Gasteiger partial charge in [0.1, 0.15) is 5.82 Å². The quantitative estimate of drug-likeness (QED) is 0.854. The number of hydrogen-bond donors (Lipinski definition) is 1. The molecule has 0 aromatic heterocycles. The van der Waals surface area contributed by atoms with Gasteiger partial charge >= 0.3 is 0 Å². The summed E-state index contributed by atoms with van der Waals surface area (Å²) in [6.07, 6.45) is 0. The van der Waals surface area contributed by atoms with Crippen molar-refractivity contribution in [3.05, 3.63) is 35.1 Å². The zero-order chi connectivity index (χ0) is 13.5. The van der Waals surface area contributed by atoms with Crippen molar-refractivity contribution in [2.24, 2.45) is 0 Å². The summed E-state index contributed by atoms with van der Waals surface area (Å²) in [7, 11) is 1.72. The molecule has 1 N–H and O–H groups in total. The molecule has 18 heavy (non-hydrogen) atoms. The van der Waals surface area contributed by atoms with Crippen LogP contribution in [0.15, 0.2) is 18.2 Å². The summed E-state index contributed by atoms with van der Waals surface area (Å²) in [5.41, 5.74) is 0.933. The van der Waals surface area contributed by atoms with E-state index < -0.39 is 5.82 Å². The maximum Gasteiger partial charge on any atom is 0.236 e. The largest absolute Gasteiger partial charge is 0.345 e. The van der Waals surface area contributed by atoms with Crippen LogP contribution in [-0.4, -0.2) is 30.9 Å². The molecule has 0 spiro atoms. The van der Waals surface area contributed by atoms with E-state index in [2.05, 4.69) is 5.32 Å². The molecule has 0 aliphatic heterocycles. The van der Waals surface area contributed by atoms with Crippen molar-refractivity contribution < 1.29 is 9.18 Å². The summed E-state index contributed by atoms with van der Waals surface area (Å²) in [5, 5.41) is 11.6. The minimum Gasteiger partial charge on any atom is -0.345 e. The van der Waals surface area contributed by atoms with Crippen molar-refractivity contribution in [2.75, 3.05) is 20.1 Å². The standard InChI is InChI=1S/C13H16FN3O/c1-3-17(2)13(18)9-16-8-11-4-10(7-15)5-12(14)6-11/h4-6,16H,3,8-9H2,1-2H3. The summed E-state index contributed by atoms with van der Waals surface area (Å²) >= 11 is 0. The van der Waals surface area contributed by atoms with Crippen molar-refractivity contribution >= 4 is 5.91 Å². The molecule has 0 aliphatic rings. The van der Waals surface area contributed by atoms with Gasteiger partial charge in [0.2, 0.25) is 5.91 Å². The Kier molecular flexibility index (Phi) is 5.28. The number of carbonyl (C=O) groups excluding carboxylic acids is 1. The molecule has 0 saturated carbocycles. The molecule has 0 bridgehead atoms. The fraction of sp³-hybridized carbons (Fsp3) is 0.385. The van der Waals surface area contributed by atoms with E-state index in [-0.39, 0.29) is 18.0 Å². The number of carbonyl (C=O) groups is 1. The first-order valence-corrected chi connectivity index (χ1v) is 5.71. The lowest BCUT2D eigenvalue weighted by atomic mass is 10.1. The third-order valence-corrected chi connectivity index (χ3v) is 2.59. The van der Waals surface area contributed by atoms with Crippen LogP contribution >= 0.6 is 0 Å². The van der Waals surface area contributed by atoms with Crippen LogP contribution in [0, 0.1) is 17.1 Å². The van der Waals surface area contributed by atoms with E-state index in [0.29, 0.717) is 18.7 Å². The van der Waals surface area contributed by atoms with Crippen LogP contribution in [-0.2, 0) is 11.3 Å². The Morgan fingerprint density at radius 2 is 2.22 bits per heavy atom. The van der Waals surface area contributed by atoms with Crippen LogP contribution in [0.25, 0.3) is 0 Å². The van der Waals surface area contributed by atoms with E-state index in [1.54, 1.807) is 18.0 Å². The lowest BCUT2D eigenvalue weighted by Crippen LogP contribution is -2.35. The molecule has 96 valence electrons. The van der Waals surface area contributed by atoms with Crippen molar-refractivity contribution in [1.29, 1.82) is 5.26 Å². The second kappa shape index (κ2) is 6.72. The van der Waals surface area contributed by atoms with Crippen molar-refractivity contribution in [2.45, 2.75) is 13.5 Å². The molecule has 1 rings (SSSR count). The molecule has 0 atom stereocenters. The summed E-state index contributed by atoms with van der Waals surface area (Å²) in [6.45, 7) is 3.10. The van der Waals surface area contributed by atoms with E-state index in [9.17, 15) is 9.18 Å². The van der Waals surface area contributed by atoms with Crippen LogP contribution in [0.4, 0.5) is 4.39 Å². The Balaban J connectivity index is 2.52. The molecule has 0 heterocycles. The first-order valence-electron chi connectivity index (χ1n) is 5.71. The van der Waals surface area contributed by atoms with Crippen LogP contribution in [0.1, 0.15) is 18.1 Å². The third-order valence-electron chi connectivity index (χ3n) is 2.59. The first-order chi connectivity index (χ1) is 8.56. The molecule has 5 heteroatoms. The highest BCUT2D eigenvalue weighted by atomic mass is 19.1. The van der Waals surface area contributed by atoms with Gasteiger partial charge in [-0.15, -0.1) is 0 Å². The Bertz CT molecular complexity index is 468. The smallest absolute Gasteiger partial charge is 0.236 e. The van der Waals surface area contributed by atoms with E-state index in [1.165, 1.54) is 12.1 Å². The number of halogens is 1. The number of nitrogens with one attached hydrogen (secondary N) is 1. The van der Waals surface area contributed by atoms with Gasteiger partial charge in [0.15, 0.2) is 0 Å². The second-order valence-electron chi connectivity index (χ2n) is 3.97. The van der Waals surface area contributed by atoms with Crippen molar-refractivity contribution in [3.63, 3.8) is 0 Å². The van der Waals surface area contributed by atoms with Crippen LogP contribution in [0.2, 0.25) is 0 Å². The highest BCUT2D eigenvalue weighted by molar-refractivity contribution is 5.77. The summed E-state index contributed by atoms with van der Waals surface area (Å²) < 4.78 is 13.1. The number of amides is 1. The number of likely N-dealkylation sites (N-methyl/N-ethyl adjacent to an activating group) is 1. The van der Waals surface area contributed by atoms with Gasteiger partial charge in [0.25, 0.3) is 0 Å². The van der Waals surface area contributed by atoms with Gasteiger partial charge in [-0.3, -0.25) is 4.79 Å². The number of rotatable bonds is 5. The highest BCUT2D eigenvalue weighted by Gasteiger charge is 2.06. The lowest BCUT2D eigenvalue weighted by molar-refractivity contribution is -0.128. The number of nitriles is 1. The van der Waals surface area contributed by atoms with Gasteiger partial charge in [-0.25, -0.2) is 4.39 Å². The maximum atomic E-state index is 13.1. The molecule has 1 amide bonds. The Labute approximate surface area is 106 Å². The van der Waals surface area contributed by atoms with Crippen molar-refractivity contribution in [1.82, 2.24) is 10.2 Å². The number of hydrogen-bond acceptors (Lipinski definition) is 3.